The molecule has 0 aromatic heterocycles. The van der Waals surface area contributed by atoms with Crippen molar-refractivity contribution in [1.29, 1.82) is 0 Å². The first-order valence-corrected chi connectivity index (χ1v) is 9.66. The van der Waals surface area contributed by atoms with Crippen LogP contribution in [0.25, 0.3) is 0 Å². The first-order valence-electron chi connectivity index (χ1n) is 9.66. The first-order chi connectivity index (χ1) is 9.66. The molecule has 0 aliphatic heterocycles. The van der Waals surface area contributed by atoms with Crippen molar-refractivity contribution in [1.82, 2.24) is 0 Å². The Balaban J connectivity index is -0.0000000261. The lowest BCUT2D eigenvalue weighted by molar-refractivity contribution is 0.702. The maximum atomic E-state index is 2.23. The van der Waals surface area contributed by atoms with Crippen LogP contribution in [0.2, 0.25) is 0 Å². The Bertz CT molecular complexity index is 58.4. The van der Waals surface area contributed by atoms with Gasteiger partial charge in [0, 0.05) is 0 Å². The molecule has 0 spiro atoms. The lowest BCUT2D eigenvalue weighted by Crippen LogP contribution is -1.66. The highest BCUT2D eigenvalue weighted by Gasteiger charge is 1.75. The minimum absolute atomic E-state index is 0. The van der Waals surface area contributed by atoms with Gasteiger partial charge in [0.2, 0.25) is 0 Å². The fourth-order valence-electron chi connectivity index (χ4n) is 0.854. The van der Waals surface area contributed by atoms with Gasteiger partial charge in [-0.2, -0.15) is 0 Å². The van der Waals surface area contributed by atoms with Crippen molar-refractivity contribution in [2.24, 2.45) is 0 Å². The van der Waals surface area contributed by atoms with Crippen LogP contribution in [0.5, 0.6) is 0 Å². The Morgan fingerprint density at radius 2 is 0.545 bits per heavy atom. The summed E-state index contributed by atoms with van der Waals surface area (Å²) in [5.74, 6) is 0. The van der Waals surface area contributed by atoms with Gasteiger partial charge in [0.1, 0.15) is 0 Å². The van der Waals surface area contributed by atoms with Gasteiger partial charge in [-0.05, 0) is 0 Å². The third-order valence-corrected chi connectivity index (χ3v) is 2.16. The van der Waals surface area contributed by atoms with Crippen LogP contribution < -0.4 is 0 Å². The van der Waals surface area contributed by atoms with Crippen molar-refractivity contribution in [3.05, 3.63) is 0 Å². The van der Waals surface area contributed by atoms with Crippen LogP contribution in [-0.4, -0.2) is 0 Å². The van der Waals surface area contributed by atoms with Gasteiger partial charge in [-0.1, -0.05) is 148 Å². The molecular weight excluding hydrogens is 264 g/mol. The average Bonchev–Trinajstić information content (AvgIpc) is 2.49. The van der Waals surface area contributed by atoms with Gasteiger partial charge in [-0.3, -0.25) is 0 Å². The lowest BCUT2D eigenvalue weighted by atomic mass is 10.2. The van der Waals surface area contributed by atoms with Gasteiger partial charge in [0.25, 0.3) is 0 Å². The number of rotatable bonds is 6. The Labute approximate surface area is 148 Å². The van der Waals surface area contributed by atoms with Gasteiger partial charge >= 0.3 is 0 Å². The molecule has 0 saturated carbocycles. The smallest absolute Gasteiger partial charge is 0.0536 e. The van der Waals surface area contributed by atoms with Crippen LogP contribution in [-0.2, 0) is 0 Å². The van der Waals surface area contributed by atoms with Gasteiger partial charge in [-0.15, -0.1) is 0 Å². The molecule has 0 aliphatic carbocycles. The van der Waals surface area contributed by atoms with E-state index in [0.29, 0.717) is 0 Å². The summed E-state index contributed by atoms with van der Waals surface area (Å²) >= 11 is 0. The minimum atomic E-state index is 0. The number of unbranched alkanes of at least 4 members (excludes halogenated alkanes) is 6. The molecule has 0 heteroatoms. The molecule has 0 aliphatic rings. The molecule has 0 atom stereocenters. The molecule has 0 saturated heterocycles. The monoisotopic (exact) mass is 322 g/mol. The molecule has 0 amide bonds. The van der Waals surface area contributed by atoms with Crippen LogP contribution in [0.1, 0.15) is 148 Å². The summed E-state index contributed by atoms with van der Waals surface area (Å²) in [5, 5.41) is 0. The van der Waals surface area contributed by atoms with Gasteiger partial charge < -0.3 is 0 Å². The van der Waals surface area contributed by atoms with Crippen molar-refractivity contribution in [2.45, 2.75) is 148 Å². The van der Waals surface area contributed by atoms with E-state index in [-0.39, 0.29) is 14.9 Å². The highest BCUT2D eigenvalue weighted by molar-refractivity contribution is 4.31. The quantitative estimate of drug-likeness (QED) is 0.426. The van der Waals surface area contributed by atoms with E-state index in [1.807, 2.05) is 13.8 Å². The molecule has 146 valence electrons. The molecule has 0 nitrogen and oxygen atoms in total. The summed E-state index contributed by atoms with van der Waals surface area (Å²) in [7, 11) is 0. The zero-order valence-corrected chi connectivity index (χ0v) is 17.1. The molecule has 0 unspecified atom stereocenters. The fourth-order valence-corrected chi connectivity index (χ4v) is 0.854. The third kappa shape index (κ3) is 201. The normalized spacial score (nSPS) is 6.82. The molecule has 0 fully saturated rings. The van der Waals surface area contributed by atoms with Crippen molar-refractivity contribution < 1.29 is 0 Å². The SMILES string of the molecule is C.C.CC.CCC.CCCC.CCCCC.CCCCCC. The molecule has 0 aromatic carbocycles. The summed E-state index contributed by atoms with van der Waals surface area (Å²) in [5.41, 5.74) is 0. The van der Waals surface area contributed by atoms with Crippen LogP contribution in [0.4, 0.5) is 0 Å². The van der Waals surface area contributed by atoms with Crippen LogP contribution in [0.3, 0.4) is 0 Å². The summed E-state index contributed by atoms with van der Waals surface area (Å²) < 4.78 is 0. The Morgan fingerprint density at radius 1 is 0.364 bits per heavy atom. The number of hydrogen-bond acceptors (Lipinski definition) is 0. The van der Waals surface area contributed by atoms with E-state index in [1.54, 1.807) is 0 Å². The second-order valence-corrected chi connectivity index (χ2v) is 4.77. The summed E-state index contributed by atoms with van der Waals surface area (Å²) in [6.45, 7) is 21.5. The second kappa shape index (κ2) is 84.0. The van der Waals surface area contributed by atoms with Gasteiger partial charge in [0.15, 0.2) is 0 Å². The van der Waals surface area contributed by atoms with Crippen molar-refractivity contribution in [3.63, 3.8) is 0 Å². The standard InChI is InChI=1S/C6H14.C5H12.C4H10.C3H8.C2H6.2CH4/c1-3-5-6-4-2;1-3-5-4-2;1-3-4-2;1-3-2;1-2;;/h3-6H2,1-2H3;3-5H2,1-2H3;3-4H2,1-2H3;3H2,1-2H3;1-2H3;2*1H4. The van der Waals surface area contributed by atoms with E-state index in [2.05, 4.69) is 55.4 Å². The summed E-state index contributed by atoms with van der Waals surface area (Å²) in [6, 6.07) is 0. The minimum Gasteiger partial charge on any atom is -0.0776 e. The zero-order chi connectivity index (χ0) is 17.1. The summed E-state index contributed by atoms with van der Waals surface area (Å²) in [6.07, 6.45) is 13.5. The van der Waals surface area contributed by atoms with E-state index in [4.69, 9.17) is 0 Å². The molecule has 0 N–H and O–H groups in total. The predicted octanol–water partition coefficient (Wildman–Crippen LogP) is 10.3. The molecule has 22 heavy (non-hydrogen) atoms. The average molecular weight is 323 g/mol. The predicted molar refractivity (Wildman–Crippen MR) is 116 cm³/mol. The van der Waals surface area contributed by atoms with E-state index < -0.39 is 0 Å². The van der Waals surface area contributed by atoms with E-state index in [0.717, 1.165) is 0 Å². The maximum absolute atomic E-state index is 2.23. The van der Waals surface area contributed by atoms with Crippen molar-refractivity contribution in [3.8, 4) is 0 Å². The van der Waals surface area contributed by atoms with Crippen molar-refractivity contribution >= 4 is 0 Å². The molecule has 0 radical (unpaired) electrons. The van der Waals surface area contributed by atoms with Crippen LogP contribution >= 0.6 is 0 Å². The Kier molecular flexibility index (Phi) is 165. The van der Waals surface area contributed by atoms with Crippen LogP contribution in [0.15, 0.2) is 0 Å². The summed E-state index contributed by atoms with van der Waals surface area (Å²) in [4.78, 5) is 0. The highest BCUT2D eigenvalue weighted by Crippen LogP contribution is 1.95. The van der Waals surface area contributed by atoms with Gasteiger partial charge in [-0.25, -0.2) is 0 Å². The third-order valence-electron chi connectivity index (χ3n) is 2.16. The molecule has 0 heterocycles. The van der Waals surface area contributed by atoms with E-state index in [1.165, 1.54) is 64.2 Å². The second-order valence-electron chi connectivity index (χ2n) is 4.77. The van der Waals surface area contributed by atoms with E-state index in [9.17, 15) is 0 Å². The Morgan fingerprint density at radius 3 is 0.591 bits per heavy atom. The lowest BCUT2D eigenvalue weighted by Gasteiger charge is -1.86. The van der Waals surface area contributed by atoms with Gasteiger partial charge in [0.05, 0.1) is 0 Å². The fraction of sp³-hybridized carbons (Fsp3) is 1.00. The number of hydrogen-bond donors (Lipinski definition) is 0. The van der Waals surface area contributed by atoms with Crippen molar-refractivity contribution in [2.75, 3.05) is 0 Å². The zero-order valence-electron chi connectivity index (χ0n) is 17.1. The molecule has 0 aromatic rings. The molecule has 0 rings (SSSR count). The maximum Gasteiger partial charge on any atom is -0.0536 e. The Hall–Kier alpha value is 0. The van der Waals surface area contributed by atoms with Crippen LogP contribution in [0, 0.1) is 0 Å². The highest BCUT2D eigenvalue weighted by atomic mass is 13.8. The first kappa shape index (κ1) is 43.1. The largest absolute Gasteiger partial charge is 0.0776 e. The molecular formula is C22H58. The van der Waals surface area contributed by atoms with E-state index >= 15 is 0 Å². The molecule has 0 bridgehead atoms. The topological polar surface area (TPSA) is 0 Å².